The van der Waals surface area contributed by atoms with Crippen LogP contribution in [0, 0.1) is 0 Å². The average molecular weight is 671 g/mol. The van der Waals surface area contributed by atoms with E-state index in [0.29, 0.717) is 12.2 Å². The van der Waals surface area contributed by atoms with Gasteiger partial charge in [-0.15, -0.1) is 0 Å². The lowest BCUT2D eigenvalue weighted by molar-refractivity contribution is -0.117. The normalized spacial score (nSPS) is 13.2. The molecule has 0 aliphatic heterocycles. The van der Waals surface area contributed by atoms with Crippen molar-refractivity contribution in [3.63, 3.8) is 0 Å². The lowest BCUT2D eigenvalue weighted by Gasteiger charge is -2.23. The van der Waals surface area contributed by atoms with Crippen LogP contribution < -0.4 is 25.6 Å². The minimum absolute atomic E-state index is 0. The summed E-state index contributed by atoms with van der Waals surface area (Å²) in [6, 6.07) is 19.5. The fourth-order valence-corrected chi connectivity index (χ4v) is 5.74. The van der Waals surface area contributed by atoms with Crippen LogP contribution in [0.25, 0.3) is 0 Å². The molecule has 0 spiro atoms. The van der Waals surface area contributed by atoms with E-state index in [2.05, 4.69) is 26.3 Å². The molecule has 11 nitrogen and oxygen atoms in total. The number of nitrogens with one attached hydrogen (secondary N) is 4. The molecule has 250 valence electrons. The molecule has 4 N–H and O–H groups in total. The molecule has 0 aliphatic carbocycles. The van der Waals surface area contributed by atoms with Crippen molar-refractivity contribution in [3.05, 3.63) is 112 Å². The zero-order valence-corrected chi connectivity index (χ0v) is 27.7. The van der Waals surface area contributed by atoms with E-state index in [9.17, 15) is 22.8 Å². The molecule has 0 radical (unpaired) electrons. The van der Waals surface area contributed by atoms with Gasteiger partial charge in [0.2, 0.25) is 15.9 Å². The average Bonchev–Trinajstić information content (AvgIpc) is 3.56. The number of sulfonamides is 1. The Morgan fingerprint density at radius 2 is 1.61 bits per heavy atom. The third-order valence-electron chi connectivity index (χ3n) is 7.33. The Hall–Kier alpha value is -4.59. The largest absolute Gasteiger partial charge is 0.348 e. The van der Waals surface area contributed by atoms with E-state index < -0.39 is 33.9 Å². The number of hydrogen-bond acceptors (Lipinski definition) is 8. The van der Waals surface area contributed by atoms with E-state index in [1.165, 1.54) is 36.6 Å². The van der Waals surface area contributed by atoms with Crippen LogP contribution in [0.1, 0.15) is 57.4 Å². The molecule has 0 fully saturated rings. The summed E-state index contributed by atoms with van der Waals surface area (Å²) in [5.41, 5.74) is 2.31. The third kappa shape index (κ3) is 9.70. The molecular weight excluding hydrogens is 625 g/mol. The van der Waals surface area contributed by atoms with Crippen LogP contribution in [-0.2, 0) is 21.2 Å². The van der Waals surface area contributed by atoms with Gasteiger partial charge in [0.1, 0.15) is 5.82 Å². The van der Waals surface area contributed by atoms with Crippen LogP contribution in [0.5, 0.6) is 0 Å². The Morgan fingerprint density at radius 3 is 2.22 bits per heavy atom. The Balaban J connectivity index is 0.00000600. The Kier molecular flexibility index (Phi) is 11.6. The number of rotatable bonds is 14. The number of anilines is 2. The molecule has 3 amide bonds. The van der Waals surface area contributed by atoms with Gasteiger partial charge in [-0.2, -0.15) is 11.3 Å². The molecule has 2 heterocycles. The molecule has 2 aromatic heterocycles. The molecule has 2 aromatic carbocycles. The molecular formula is C33H46N6O5S2. The van der Waals surface area contributed by atoms with Crippen LogP contribution in [-0.4, -0.2) is 63.1 Å². The minimum atomic E-state index is -3.69. The summed E-state index contributed by atoms with van der Waals surface area (Å²) in [5, 5.41) is 15.8. The minimum Gasteiger partial charge on any atom is -0.348 e. The van der Waals surface area contributed by atoms with Crippen LogP contribution in [0.15, 0.2) is 89.8 Å². The number of pyridine rings is 1. The maximum atomic E-state index is 13.7. The van der Waals surface area contributed by atoms with Gasteiger partial charge in [-0.05, 0) is 78.6 Å². The van der Waals surface area contributed by atoms with Gasteiger partial charge < -0.3 is 21.3 Å². The van der Waals surface area contributed by atoms with Crippen LogP contribution in [0.3, 0.4) is 0 Å². The smallest absolute Gasteiger partial charge is 0.251 e. The standard InChI is InChI=1S/C33H38N6O5S2.4H2/c1-22(25-10-6-5-7-11-25)36-32(41)26-17-27(19-29(18-26)39(3)46(4,43)44)33(42)37-28(16-24-13-15-45-21-24)20-35-23(2)31(40)38-30-12-8-9-14-34-30;;;;/h5-15,17-19,21-23,28,35H,16,20H2,1-4H3,(H,36,41)(H,37,42)(H,34,38,40);4*1H/t22-,23+,28+;;;;/m1..../s1. The Morgan fingerprint density at radius 1 is 0.935 bits per heavy atom. The second kappa shape index (κ2) is 15.6. The lowest BCUT2D eigenvalue weighted by atomic mass is 10.0. The Bertz CT molecular complexity index is 1750. The number of benzene rings is 2. The van der Waals surface area contributed by atoms with Gasteiger partial charge in [0.25, 0.3) is 11.8 Å². The van der Waals surface area contributed by atoms with E-state index in [1.807, 2.05) is 54.1 Å². The highest BCUT2D eigenvalue weighted by Crippen LogP contribution is 2.22. The number of hydrogen-bond donors (Lipinski definition) is 4. The molecule has 3 atom stereocenters. The van der Waals surface area contributed by atoms with Gasteiger partial charge in [-0.25, -0.2) is 13.4 Å². The summed E-state index contributed by atoms with van der Waals surface area (Å²) < 4.78 is 25.8. The molecule has 13 heteroatoms. The number of carbonyl (C=O) groups is 3. The monoisotopic (exact) mass is 670 g/mol. The number of nitrogens with zero attached hydrogens (tertiary/aromatic N) is 2. The quantitative estimate of drug-likeness (QED) is 0.148. The zero-order chi connectivity index (χ0) is 33.3. The van der Waals surface area contributed by atoms with Crippen LogP contribution >= 0.6 is 11.3 Å². The van der Waals surface area contributed by atoms with E-state index >= 15 is 0 Å². The summed E-state index contributed by atoms with van der Waals surface area (Å²) in [6.07, 6.45) is 3.11. The first-order chi connectivity index (χ1) is 21.9. The fraction of sp³-hybridized carbons (Fsp3) is 0.273. The van der Waals surface area contributed by atoms with Crippen molar-refractivity contribution in [2.75, 3.05) is 29.5 Å². The SMILES string of the molecule is C[C@H](NC[C@H](Cc1ccsc1)NC(=O)c1cc(C(=O)N[C@H](C)c2ccccc2)cc(N(C)S(C)(=O)=O)c1)C(=O)Nc1ccccn1.[HH].[HH].[HH].[HH]. The number of thiophene rings is 1. The molecule has 4 aromatic rings. The highest BCUT2D eigenvalue weighted by Gasteiger charge is 2.23. The van der Waals surface area contributed by atoms with Crippen molar-refractivity contribution in [1.29, 1.82) is 0 Å². The number of amides is 3. The molecule has 0 saturated heterocycles. The van der Waals surface area contributed by atoms with Crippen molar-refractivity contribution < 1.29 is 28.5 Å². The van der Waals surface area contributed by atoms with Gasteiger partial charge in [-0.3, -0.25) is 18.7 Å². The first kappa shape index (κ1) is 34.3. The van der Waals surface area contributed by atoms with Gasteiger partial charge in [0.05, 0.1) is 24.0 Å². The maximum Gasteiger partial charge on any atom is 0.251 e. The maximum absolute atomic E-state index is 13.7. The molecule has 0 unspecified atom stereocenters. The molecule has 4 rings (SSSR count). The van der Waals surface area contributed by atoms with Crippen molar-refractivity contribution >= 4 is 50.6 Å². The second-order valence-corrected chi connectivity index (χ2v) is 13.7. The summed E-state index contributed by atoms with van der Waals surface area (Å²) in [5.74, 6) is -0.808. The van der Waals surface area contributed by atoms with Crippen molar-refractivity contribution in [1.82, 2.24) is 20.9 Å². The van der Waals surface area contributed by atoms with Gasteiger partial charge >= 0.3 is 0 Å². The van der Waals surface area contributed by atoms with Crippen molar-refractivity contribution in [3.8, 4) is 0 Å². The lowest BCUT2D eigenvalue weighted by Crippen LogP contribution is -2.48. The predicted octanol–water partition coefficient (Wildman–Crippen LogP) is 4.97. The Labute approximate surface area is 279 Å². The van der Waals surface area contributed by atoms with Gasteiger partial charge in [0.15, 0.2) is 0 Å². The summed E-state index contributed by atoms with van der Waals surface area (Å²) in [7, 11) is -2.33. The van der Waals surface area contributed by atoms with Gasteiger partial charge in [0, 0.05) is 42.7 Å². The number of aromatic nitrogens is 1. The summed E-state index contributed by atoms with van der Waals surface area (Å²) in [6.45, 7) is 3.81. The second-order valence-electron chi connectivity index (χ2n) is 10.9. The first-order valence-electron chi connectivity index (χ1n) is 14.6. The first-order valence-corrected chi connectivity index (χ1v) is 17.4. The molecule has 46 heavy (non-hydrogen) atoms. The van der Waals surface area contributed by atoms with Crippen molar-refractivity contribution in [2.24, 2.45) is 0 Å². The molecule has 0 saturated carbocycles. The van der Waals surface area contributed by atoms with E-state index in [1.54, 1.807) is 31.3 Å². The number of carbonyl (C=O) groups excluding carboxylic acids is 3. The van der Waals surface area contributed by atoms with Crippen molar-refractivity contribution in [2.45, 2.75) is 38.4 Å². The fourth-order valence-electron chi connectivity index (χ4n) is 4.57. The third-order valence-corrected chi connectivity index (χ3v) is 9.27. The van der Waals surface area contributed by atoms with Gasteiger partial charge in [-0.1, -0.05) is 36.4 Å². The summed E-state index contributed by atoms with van der Waals surface area (Å²) >= 11 is 1.53. The van der Waals surface area contributed by atoms with Crippen LogP contribution in [0.2, 0.25) is 0 Å². The highest BCUT2D eigenvalue weighted by atomic mass is 32.2. The molecule has 0 aliphatic rings. The van der Waals surface area contributed by atoms with E-state index in [-0.39, 0.29) is 41.0 Å². The van der Waals surface area contributed by atoms with E-state index in [4.69, 9.17) is 0 Å². The summed E-state index contributed by atoms with van der Waals surface area (Å²) in [4.78, 5) is 44.0. The predicted molar refractivity (Wildman–Crippen MR) is 190 cm³/mol. The molecule has 0 bridgehead atoms. The van der Waals surface area contributed by atoms with E-state index in [0.717, 1.165) is 21.7 Å². The zero-order valence-electron chi connectivity index (χ0n) is 26.1. The van der Waals surface area contributed by atoms with Crippen LogP contribution in [0.4, 0.5) is 11.5 Å². The topological polar surface area (TPSA) is 150 Å². The highest BCUT2D eigenvalue weighted by molar-refractivity contribution is 7.92.